The number of esters is 1. The number of hydrogen-bond acceptors (Lipinski definition) is 8. The zero-order valence-corrected chi connectivity index (χ0v) is 13.5. The van der Waals surface area contributed by atoms with E-state index in [0.29, 0.717) is 13.0 Å². The van der Waals surface area contributed by atoms with E-state index in [2.05, 4.69) is 15.3 Å². The number of ether oxygens (including phenoxy) is 2. The van der Waals surface area contributed by atoms with E-state index in [4.69, 9.17) is 9.47 Å². The lowest BCUT2D eigenvalue weighted by Gasteiger charge is -2.31. The van der Waals surface area contributed by atoms with Crippen LogP contribution in [-0.4, -0.2) is 69.6 Å². The van der Waals surface area contributed by atoms with E-state index in [1.807, 2.05) is 0 Å². The van der Waals surface area contributed by atoms with Gasteiger partial charge in [0.15, 0.2) is 0 Å². The van der Waals surface area contributed by atoms with Crippen molar-refractivity contribution in [1.29, 1.82) is 0 Å². The minimum Gasteiger partial charge on any atom is -0.459 e. The average molecular weight is 339 g/mol. The Morgan fingerprint density at radius 3 is 2.67 bits per heavy atom. The summed E-state index contributed by atoms with van der Waals surface area (Å²) >= 11 is 0. The summed E-state index contributed by atoms with van der Waals surface area (Å²) in [6, 6.07) is 0. The third-order valence-electron chi connectivity index (χ3n) is 3.42. The van der Waals surface area contributed by atoms with Crippen molar-refractivity contribution in [2.45, 2.75) is 44.7 Å². The van der Waals surface area contributed by atoms with Crippen molar-refractivity contribution in [2.75, 3.05) is 13.2 Å². The molecule has 0 saturated carbocycles. The molecule has 3 N–H and O–H groups in total. The molecule has 24 heavy (non-hydrogen) atoms. The van der Waals surface area contributed by atoms with Crippen molar-refractivity contribution in [1.82, 2.24) is 15.3 Å². The third kappa shape index (κ3) is 4.70. The number of aromatic nitrogens is 2. The maximum absolute atomic E-state index is 12.0. The molecule has 2 rings (SSSR count). The minimum absolute atomic E-state index is 0.0115. The zero-order valence-electron chi connectivity index (χ0n) is 13.5. The predicted octanol–water partition coefficient (Wildman–Crippen LogP) is -0.718. The van der Waals surface area contributed by atoms with Crippen LogP contribution in [0.3, 0.4) is 0 Å². The molecule has 0 bridgehead atoms. The summed E-state index contributed by atoms with van der Waals surface area (Å²) in [4.78, 5) is 31.3. The Morgan fingerprint density at radius 1 is 1.38 bits per heavy atom. The van der Waals surface area contributed by atoms with Crippen molar-refractivity contribution in [3.8, 4) is 0 Å². The van der Waals surface area contributed by atoms with Gasteiger partial charge in [-0.25, -0.2) is 14.8 Å². The lowest BCUT2D eigenvalue weighted by atomic mass is 10.0. The summed E-state index contributed by atoms with van der Waals surface area (Å²) in [6.07, 6.45) is -0.125. The second-order valence-corrected chi connectivity index (χ2v) is 5.72. The molecule has 2 heterocycles. The second kappa shape index (κ2) is 8.13. The van der Waals surface area contributed by atoms with Gasteiger partial charge in [-0.05, 0) is 20.3 Å². The molecule has 1 aromatic heterocycles. The van der Waals surface area contributed by atoms with Gasteiger partial charge in [0.2, 0.25) is 5.82 Å². The number of nitrogens with zero attached hydrogens (tertiary/aromatic N) is 2. The molecule has 1 saturated heterocycles. The second-order valence-electron chi connectivity index (χ2n) is 5.72. The highest BCUT2D eigenvalue weighted by atomic mass is 16.5. The first-order valence-corrected chi connectivity index (χ1v) is 7.67. The van der Waals surface area contributed by atoms with Crippen LogP contribution in [0.15, 0.2) is 12.4 Å². The lowest BCUT2D eigenvalue weighted by Crippen LogP contribution is -2.50. The van der Waals surface area contributed by atoms with Crippen LogP contribution in [0.2, 0.25) is 0 Å². The number of nitrogens with one attached hydrogen (secondary N) is 1. The smallest absolute Gasteiger partial charge is 0.341 e. The van der Waals surface area contributed by atoms with Crippen molar-refractivity contribution in [3.05, 3.63) is 23.8 Å². The molecular formula is C15H21N3O6. The maximum atomic E-state index is 12.0. The van der Waals surface area contributed by atoms with Crippen LogP contribution in [0.25, 0.3) is 0 Å². The van der Waals surface area contributed by atoms with Crippen LogP contribution >= 0.6 is 0 Å². The lowest BCUT2D eigenvalue weighted by molar-refractivity contribution is -0.132. The zero-order chi connectivity index (χ0) is 17.7. The molecule has 0 spiro atoms. The summed E-state index contributed by atoms with van der Waals surface area (Å²) in [5.41, 5.74) is 0.148. The molecule has 1 aliphatic heterocycles. The summed E-state index contributed by atoms with van der Waals surface area (Å²) in [6.45, 7) is 3.76. The summed E-state index contributed by atoms with van der Waals surface area (Å²) < 4.78 is 10.3. The molecule has 132 valence electrons. The molecular weight excluding hydrogens is 318 g/mol. The van der Waals surface area contributed by atoms with Gasteiger partial charge in [0.25, 0.3) is 5.91 Å². The number of amides is 1. The Bertz CT molecular complexity index is 577. The Hall–Kier alpha value is -2.10. The van der Waals surface area contributed by atoms with Gasteiger partial charge in [0.1, 0.15) is 12.2 Å². The number of hydrogen-bond donors (Lipinski definition) is 3. The van der Waals surface area contributed by atoms with Crippen LogP contribution in [0.5, 0.6) is 0 Å². The molecule has 3 atom stereocenters. The van der Waals surface area contributed by atoms with Gasteiger partial charge < -0.3 is 25.0 Å². The Morgan fingerprint density at radius 2 is 2.04 bits per heavy atom. The van der Waals surface area contributed by atoms with Crippen LogP contribution in [0.4, 0.5) is 0 Å². The topological polar surface area (TPSA) is 131 Å². The molecule has 1 aromatic rings. The van der Waals surface area contributed by atoms with E-state index in [1.165, 1.54) is 12.4 Å². The van der Waals surface area contributed by atoms with Gasteiger partial charge in [0.05, 0.1) is 17.8 Å². The normalized spacial score (nSPS) is 23.8. The van der Waals surface area contributed by atoms with E-state index < -0.39 is 30.2 Å². The van der Waals surface area contributed by atoms with Crippen molar-refractivity contribution < 1.29 is 29.3 Å². The highest BCUT2D eigenvalue weighted by Gasteiger charge is 2.31. The molecule has 9 nitrogen and oxygen atoms in total. The van der Waals surface area contributed by atoms with Crippen molar-refractivity contribution in [2.24, 2.45) is 0 Å². The Balaban J connectivity index is 1.89. The Labute approximate surface area is 139 Å². The van der Waals surface area contributed by atoms with E-state index >= 15 is 0 Å². The molecule has 1 amide bonds. The molecule has 0 aromatic carbocycles. The highest BCUT2D eigenvalue weighted by Crippen LogP contribution is 2.14. The first kappa shape index (κ1) is 18.2. The Kier molecular flexibility index (Phi) is 6.18. The number of aliphatic hydroxyl groups is 2. The van der Waals surface area contributed by atoms with Gasteiger partial charge in [0, 0.05) is 25.5 Å². The monoisotopic (exact) mass is 339 g/mol. The average Bonchev–Trinajstić information content (AvgIpc) is 2.55. The predicted molar refractivity (Wildman–Crippen MR) is 81.3 cm³/mol. The van der Waals surface area contributed by atoms with E-state index in [0.717, 1.165) is 0 Å². The summed E-state index contributed by atoms with van der Waals surface area (Å²) in [5.74, 6) is -1.26. The fourth-order valence-corrected chi connectivity index (χ4v) is 2.14. The van der Waals surface area contributed by atoms with Crippen LogP contribution in [0, 0.1) is 0 Å². The van der Waals surface area contributed by atoms with Gasteiger partial charge >= 0.3 is 5.97 Å². The number of rotatable bonds is 5. The van der Waals surface area contributed by atoms with E-state index in [1.54, 1.807) is 13.8 Å². The van der Waals surface area contributed by atoms with E-state index in [-0.39, 0.29) is 24.0 Å². The quantitative estimate of drug-likeness (QED) is 0.599. The first-order chi connectivity index (χ1) is 11.4. The third-order valence-corrected chi connectivity index (χ3v) is 3.42. The molecule has 1 aliphatic rings. The number of aliphatic hydroxyl groups excluding tert-OH is 2. The molecule has 1 fully saturated rings. The molecule has 0 aliphatic carbocycles. The van der Waals surface area contributed by atoms with Crippen LogP contribution < -0.4 is 5.32 Å². The number of carbonyl (C=O) groups is 2. The SMILES string of the molecule is CC(C)OC(=O)c1cnc(C(=O)NCC2OCCC(O)C2O)nc1. The van der Waals surface area contributed by atoms with Crippen LogP contribution in [-0.2, 0) is 9.47 Å². The fourth-order valence-electron chi connectivity index (χ4n) is 2.14. The fraction of sp³-hybridized carbons (Fsp3) is 0.600. The van der Waals surface area contributed by atoms with E-state index in [9.17, 15) is 19.8 Å². The van der Waals surface area contributed by atoms with Gasteiger partial charge in [-0.3, -0.25) is 4.79 Å². The maximum Gasteiger partial charge on any atom is 0.341 e. The van der Waals surface area contributed by atoms with Gasteiger partial charge in [-0.15, -0.1) is 0 Å². The first-order valence-electron chi connectivity index (χ1n) is 7.67. The van der Waals surface area contributed by atoms with Crippen LogP contribution in [0.1, 0.15) is 41.2 Å². The standard InChI is InChI=1S/C15H21N3O6/c1-8(2)24-15(22)9-5-16-13(17-6-9)14(21)18-7-11-12(20)10(19)3-4-23-11/h5-6,8,10-12,19-20H,3-4,7H2,1-2H3,(H,18,21). The van der Waals surface area contributed by atoms with Crippen molar-refractivity contribution >= 4 is 11.9 Å². The largest absolute Gasteiger partial charge is 0.459 e. The van der Waals surface area contributed by atoms with Gasteiger partial charge in [-0.1, -0.05) is 0 Å². The molecule has 0 radical (unpaired) electrons. The van der Waals surface area contributed by atoms with Gasteiger partial charge in [-0.2, -0.15) is 0 Å². The number of carbonyl (C=O) groups excluding carboxylic acids is 2. The highest BCUT2D eigenvalue weighted by molar-refractivity contribution is 5.92. The van der Waals surface area contributed by atoms with Crippen molar-refractivity contribution in [3.63, 3.8) is 0 Å². The molecule has 9 heteroatoms. The minimum atomic E-state index is -1.06. The molecule has 3 unspecified atom stereocenters. The summed E-state index contributed by atoms with van der Waals surface area (Å²) in [5, 5.41) is 21.9. The summed E-state index contributed by atoms with van der Waals surface area (Å²) in [7, 11) is 0.